The summed E-state index contributed by atoms with van der Waals surface area (Å²) in [6, 6.07) is 12.5. The zero-order chi connectivity index (χ0) is 18.6. The van der Waals surface area contributed by atoms with E-state index in [1.54, 1.807) is 0 Å². The summed E-state index contributed by atoms with van der Waals surface area (Å²) in [5, 5.41) is 13.8. The predicted octanol–water partition coefficient (Wildman–Crippen LogP) is 4.94. The first-order chi connectivity index (χ1) is 12.5. The van der Waals surface area contributed by atoms with Crippen LogP contribution in [0, 0.1) is 0 Å². The SMILES string of the molecule is CCc1ccccc1Nc1nncc(Nc2ccc(C(F)(F)F)cc2)n1. The van der Waals surface area contributed by atoms with Crippen molar-refractivity contribution in [2.75, 3.05) is 10.6 Å². The molecular weight excluding hydrogens is 343 g/mol. The van der Waals surface area contributed by atoms with Crippen LogP contribution in [-0.4, -0.2) is 15.2 Å². The van der Waals surface area contributed by atoms with Crippen molar-refractivity contribution in [1.82, 2.24) is 15.2 Å². The number of benzene rings is 2. The molecule has 1 aromatic heterocycles. The van der Waals surface area contributed by atoms with Gasteiger partial charge in [0, 0.05) is 11.4 Å². The van der Waals surface area contributed by atoms with Gasteiger partial charge < -0.3 is 10.6 Å². The Hall–Kier alpha value is -3.16. The molecule has 2 N–H and O–H groups in total. The first-order valence-corrected chi connectivity index (χ1v) is 7.94. The lowest BCUT2D eigenvalue weighted by molar-refractivity contribution is -0.137. The third-order valence-electron chi connectivity index (χ3n) is 3.69. The van der Waals surface area contributed by atoms with Gasteiger partial charge in [-0.25, -0.2) is 0 Å². The van der Waals surface area contributed by atoms with Crippen molar-refractivity contribution < 1.29 is 13.2 Å². The molecule has 0 radical (unpaired) electrons. The number of alkyl halides is 3. The van der Waals surface area contributed by atoms with Crippen molar-refractivity contribution in [3.8, 4) is 0 Å². The Balaban J connectivity index is 1.75. The fourth-order valence-corrected chi connectivity index (χ4v) is 2.38. The van der Waals surface area contributed by atoms with Gasteiger partial charge in [0.25, 0.3) is 0 Å². The molecule has 1 heterocycles. The molecule has 3 rings (SSSR count). The highest BCUT2D eigenvalue weighted by molar-refractivity contribution is 5.61. The molecule has 0 spiro atoms. The van der Waals surface area contributed by atoms with Crippen LogP contribution >= 0.6 is 0 Å². The summed E-state index contributed by atoms with van der Waals surface area (Å²) in [4.78, 5) is 4.29. The zero-order valence-electron chi connectivity index (χ0n) is 13.9. The number of hydrogen-bond donors (Lipinski definition) is 2. The number of anilines is 4. The first kappa shape index (κ1) is 17.7. The van der Waals surface area contributed by atoms with Crippen LogP contribution in [0.1, 0.15) is 18.1 Å². The highest BCUT2D eigenvalue weighted by Crippen LogP contribution is 2.30. The molecule has 5 nitrogen and oxygen atoms in total. The smallest absolute Gasteiger partial charge is 0.339 e. The zero-order valence-corrected chi connectivity index (χ0v) is 13.9. The van der Waals surface area contributed by atoms with Gasteiger partial charge in [-0.2, -0.15) is 23.3 Å². The van der Waals surface area contributed by atoms with E-state index >= 15 is 0 Å². The summed E-state index contributed by atoms with van der Waals surface area (Å²) in [6.45, 7) is 2.04. The van der Waals surface area contributed by atoms with E-state index in [0.717, 1.165) is 29.8 Å². The molecule has 8 heteroatoms. The third-order valence-corrected chi connectivity index (χ3v) is 3.69. The molecule has 0 atom stereocenters. The molecular formula is C18H16F3N5. The maximum absolute atomic E-state index is 12.6. The van der Waals surface area contributed by atoms with Gasteiger partial charge in [-0.3, -0.25) is 0 Å². The summed E-state index contributed by atoms with van der Waals surface area (Å²) in [5.41, 5.74) is 1.75. The standard InChI is InChI=1S/C18H16F3N5/c1-2-12-5-3-4-6-15(12)24-17-25-16(11-22-26-17)23-14-9-7-13(8-10-14)18(19,20)21/h3-11H,2H2,1H3,(H2,23,24,25,26). The first-order valence-electron chi connectivity index (χ1n) is 7.94. The van der Waals surface area contributed by atoms with E-state index in [1.807, 2.05) is 31.2 Å². The lowest BCUT2D eigenvalue weighted by Crippen LogP contribution is -2.05. The van der Waals surface area contributed by atoms with Crippen molar-refractivity contribution in [1.29, 1.82) is 0 Å². The van der Waals surface area contributed by atoms with Gasteiger partial charge in [-0.1, -0.05) is 25.1 Å². The van der Waals surface area contributed by atoms with Crippen LogP contribution in [-0.2, 0) is 12.6 Å². The molecule has 0 aliphatic heterocycles. The van der Waals surface area contributed by atoms with E-state index in [9.17, 15) is 13.2 Å². The van der Waals surface area contributed by atoms with Gasteiger partial charge in [0.2, 0.25) is 5.95 Å². The molecule has 26 heavy (non-hydrogen) atoms. The maximum Gasteiger partial charge on any atom is 0.416 e. The monoisotopic (exact) mass is 359 g/mol. The number of nitrogens with zero attached hydrogens (tertiary/aromatic N) is 3. The molecule has 0 saturated heterocycles. The summed E-state index contributed by atoms with van der Waals surface area (Å²) >= 11 is 0. The molecule has 0 aliphatic carbocycles. The van der Waals surface area contributed by atoms with Crippen LogP contribution in [0.15, 0.2) is 54.7 Å². The maximum atomic E-state index is 12.6. The molecule has 0 amide bonds. The number of para-hydroxylation sites is 1. The minimum absolute atomic E-state index is 0.294. The Kier molecular flexibility index (Phi) is 5.01. The topological polar surface area (TPSA) is 62.7 Å². The number of nitrogens with one attached hydrogen (secondary N) is 2. The lowest BCUT2D eigenvalue weighted by Gasteiger charge is -2.11. The Bertz CT molecular complexity index is 878. The molecule has 0 aliphatic rings. The van der Waals surface area contributed by atoms with Crippen LogP contribution in [0.5, 0.6) is 0 Å². The fourth-order valence-electron chi connectivity index (χ4n) is 2.38. The Morgan fingerprint density at radius 2 is 1.69 bits per heavy atom. The number of aryl methyl sites for hydroxylation is 1. The van der Waals surface area contributed by atoms with Gasteiger partial charge >= 0.3 is 6.18 Å². The summed E-state index contributed by atoms with van der Waals surface area (Å²) < 4.78 is 37.8. The average molecular weight is 359 g/mol. The molecule has 0 unspecified atom stereocenters. The average Bonchev–Trinajstić information content (AvgIpc) is 2.62. The van der Waals surface area contributed by atoms with Crippen molar-refractivity contribution in [2.24, 2.45) is 0 Å². The van der Waals surface area contributed by atoms with Crippen molar-refractivity contribution in [3.05, 3.63) is 65.9 Å². The molecule has 3 aromatic rings. The van der Waals surface area contributed by atoms with Crippen LogP contribution in [0.2, 0.25) is 0 Å². The summed E-state index contributed by atoms with van der Waals surface area (Å²) in [7, 11) is 0. The fraction of sp³-hybridized carbons (Fsp3) is 0.167. The quantitative estimate of drug-likeness (QED) is 0.676. The number of rotatable bonds is 5. The van der Waals surface area contributed by atoms with Crippen LogP contribution in [0.25, 0.3) is 0 Å². The molecule has 2 aromatic carbocycles. The van der Waals surface area contributed by atoms with Crippen LogP contribution in [0.4, 0.5) is 36.3 Å². The van der Waals surface area contributed by atoms with E-state index in [0.29, 0.717) is 17.5 Å². The summed E-state index contributed by atoms with van der Waals surface area (Å²) in [6.07, 6.45) is -2.12. The summed E-state index contributed by atoms with van der Waals surface area (Å²) in [5.74, 6) is 0.666. The van der Waals surface area contributed by atoms with Gasteiger partial charge in [0.15, 0.2) is 5.82 Å². The predicted molar refractivity (Wildman–Crippen MR) is 93.7 cm³/mol. The Morgan fingerprint density at radius 3 is 2.38 bits per heavy atom. The molecule has 0 saturated carbocycles. The minimum atomic E-state index is -4.36. The lowest BCUT2D eigenvalue weighted by atomic mass is 10.1. The Labute approximate surface area is 148 Å². The minimum Gasteiger partial charge on any atom is -0.339 e. The van der Waals surface area contributed by atoms with Crippen molar-refractivity contribution in [2.45, 2.75) is 19.5 Å². The van der Waals surface area contributed by atoms with E-state index in [-0.39, 0.29) is 0 Å². The second-order valence-electron chi connectivity index (χ2n) is 5.50. The van der Waals surface area contributed by atoms with E-state index in [4.69, 9.17) is 0 Å². The number of hydrogen-bond acceptors (Lipinski definition) is 5. The van der Waals surface area contributed by atoms with Crippen LogP contribution in [0.3, 0.4) is 0 Å². The third kappa shape index (κ3) is 4.27. The number of aromatic nitrogens is 3. The van der Waals surface area contributed by atoms with E-state index < -0.39 is 11.7 Å². The van der Waals surface area contributed by atoms with Gasteiger partial charge in [-0.15, -0.1) is 5.10 Å². The Morgan fingerprint density at radius 1 is 0.962 bits per heavy atom. The van der Waals surface area contributed by atoms with Gasteiger partial charge in [0.1, 0.15) is 0 Å². The number of halogens is 3. The highest BCUT2D eigenvalue weighted by Gasteiger charge is 2.29. The van der Waals surface area contributed by atoms with Crippen molar-refractivity contribution in [3.63, 3.8) is 0 Å². The second kappa shape index (κ2) is 7.38. The highest BCUT2D eigenvalue weighted by atomic mass is 19.4. The normalized spacial score (nSPS) is 11.2. The molecule has 134 valence electrons. The second-order valence-corrected chi connectivity index (χ2v) is 5.50. The van der Waals surface area contributed by atoms with E-state index in [2.05, 4.69) is 25.8 Å². The van der Waals surface area contributed by atoms with Crippen molar-refractivity contribution >= 4 is 23.1 Å². The van der Waals surface area contributed by atoms with Crippen LogP contribution < -0.4 is 10.6 Å². The van der Waals surface area contributed by atoms with Gasteiger partial charge in [-0.05, 0) is 42.3 Å². The molecule has 0 fully saturated rings. The molecule has 0 bridgehead atoms. The van der Waals surface area contributed by atoms with Gasteiger partial charge in [0.05, 0.1) is 11.8 Å². The van der Waals surface area contributed by atoms with E-state index in [1.165, 1.54) is 18.3 Å². The largest absolute Gasteiger partial charge is 0.416 e.